The van der Waals surface area contributed by atoms with Crippen LogP contribution in [0.5, 0.6) is 0 Å². The Hall–Kier alpha value is -0.570. The van der Waals surface area contributed by atoms with Crippen molar-refractivity contribution < 1.29 is 14.3 Å². The van der Waals surface area contributed by atoms with E-state index in [2.05, 4.69) is 4.74 Å². The fraction of sp³-hybridized carbons (Fsp3) is 0.875. The molecule has 11 heavy (non-hydrogen) atoms. The molecule has 0 bridgehead atoms. The molecule has 0 aromatic rings. The third kappa shape index (κ3) is 1.25. The highest BCUT2D eigenvalue weighted by Crippen LogP contribution is 2.39. The maximum absolute atomic E-state index is 11.1. The Morgan fingerprint density at radius 2 is 2.27 bits per heavy atom. The topological polar surface area (TPSA) is 38.8 Å². The number of rotatable bonds is 1. The summed E-state index contributed by atoms with van der Waals surface area (Å²) in [5.74, 6) is 0.0303. The van der Waals surface area contributed by atoms with E-state index in [0.29, 0.717) is 12.2 Å². The smallest absolute Gasteiger partial charge is 0.308 e. The van der Waals surface area contributed by atoms with Crippen molar-refractivity contribution >= 4 is 5.97 Å². The summed E-state index contributed by atoms with van der Waals surface area (Å²) in [4.78, 5) is 11.1. The molecular weight excluding hydrogens is 144 g/mol. The summed E-state index contributed by atoms with van der Waals surface area (Å²) in [5, 5.41) is 0. The molecule has 0 unspecified atom stereocenters. The van der Waals surface area contributed by atoms with Crippen LogP contribution in [0.3, 0.4) is 0 Å². The van der Waals surface area contributed by atoms with Crippen LogP contribution in [0.25, 0.3) is 0 Å². The van der Waals surface area contributed by atoms with Crippen molar-refractivity contribution in [2.45, 2.75) is 31.5 Å². The lowest BCUT2D eigenvalue weighted by Gasteiger charge is -2.15. The molecule has 2 aliphatic rings. The number of methoxy groups -OCH3 is 1. The second-order valence-corrected chi connectivity index (χ2v) is 3.25. The number of hydrogen-bond donors (Lipinski definition) is 0. The van der Waals surface area contributed by atoms with Gasteiger partial charge in [0.25, 0.3) is 0 Å². The highest BCUT2D eigenvalue weighted by atomic mass is 16.6. The van der Waals surface area contributed by atoms with Gasteiger partial charge in [0.05, 0.1) is 25.2 Å². The molecule has 62 valence electrons. The van der Waals surface area contributed by atoms with Gasteiger partial charge in [-0.1, -0.05) is 0 Å². The summed E-state index contributed by atoms with van der Waals surface area (Å²) in [6.45, 7) is 0. The van der Waals surface area contributed by atoms with Gasteiger partial charge in [-0.2, -0.15) is 0 Å². The maximum atomic E-state index is 11.1. The van der Waals surface area contributed by atoms with Gasteiger partial charge in [0.15, 0.2) is 0 Å². The van der Waals surface area contributed by atoms with Crippen molar-refractivity contribution in [1.82, 2.24) is 0 Å². The average Bonchev–Trinajstić information content (AvgIpc) is 2.80. The summed E-state index contributed by atoms with van der Waals surface area (Å²) in [6, 6.07) is 0. The molecule has 0 radical (unpaired) electrons. The van der Waals surface area contributed by atoms with Crippen LogP contribution in [0.1, 0.15) is 19.3 Å². The minimum absolute atomic E-state index is 0.0704. The summed E-state index contributed by atoms with van der Waals surface area (Å²) >= 11 is 0. The zero-order valence-corrected chi connectivity index (χ0v) is 6.58. The fourth-order valence-corrected chi connectivity index (χ4v) is 1.78. The third-order valence-corrected chi connectivity index (χ3v) is 2.54. The lowest BCUT2D eigenvalue weighted by atomic mass is 9.89. The van der Waals surface area contributed by atoms with Crippen LogP contribution in [0.15, 0.2) is 0 Å². The molecule has 1 aliphatic heterocycles. The van der Waals surface area contributed by atoms with E-state index in [0.717, 1.165) is 19.3 Å². The van der Waals surface area contributed by atoms with Crippen LogP contribution in [0.2, 0.25) is 0 Å². The zero-order chi connectivity index (χ0) is 7.84. The van der Waals surface area contributed by atoms with Crippen LogP contribution < -0.4 is 0 Å². The third-order valence-electron chi connectivity index (χ3n) is 2.54. The van der Waals surface area contributed by atoms with Crippen molar-refractivity contribution in [2.24, 2.45) is 5.92 Å². The van der Waals surface area contributed by atoms with Crippen LogP contribution in [0, 0.1) is 5.92 Å². The van der Waals surface area contributed by atoms with E-state index >= 15 is 0 Å². The molecule has 2 fully saturated rings. The Morgan fingerprint density at radius 1 is 1.45 bits per heavy atom. The molecule has 1 heterocycles. The number of fused-ring (bicyclic) bond motifs is 1. The van der Waals surface area contributed by atoms with E-state index in [9.17, 15) is 4.79 Å². The van der Waals surface area contributed by atoms with Crippen LogP contribution in [-0.2, 0) is 14.3 Å². The molecule has 0 aromatic heterocycles. The second kappa shape index (κ2) is 2.48. The molecule has 0 amide bonds. The van der Waals surface area contributed by atoms with Crippen molar-refractivity contribution in [3.05, 3.63) is 0 Å². The van der Waals surface area contributed by atoms with Crippen molar-refractivity contribution in [3.63, 3.8) is 0 Å². The Morgan fingerprint density at radius 3 is 2.91 bits per heavy atom. The minimum atomic E-state index is -0.0704. The fourth-order valence-electron chi connectivity index (χ4n) is 1.78. The first-order valence-corrected chi connectivity index (χ1v) is 4.04. The standard InChI is InChI=1S/C8H12O3/c1-10-8(9)5-2-3-6-7(4-5)11-6/h5-7H,2-4H2,1H3/t5-,6+,7-/m1/s1. The molecule has 1 saturated carbocycles. The quantitative estimate of drug-likeness (QED) is 0.415. The van der Waals surface area contributed by atoms with E-state index in [1.807, 2.05) is 0 Å². The van der Waals surface area contributed by atoms with Gasteiger partial charge in [0.2, 0.25) is 0 Å². The van der Waals surface area contributed by atoms with Crippen LogP contribution in [-0.4, -0.2) is 25.3 Å². The van der Waals surface area contributed by atoms with Gasteiger partial charge in [0, 0.05) is 0 Å². The lowest BCUT2D eigenvalue weighted by Crippen LogP contribution is -2.22. The van der Waals surface area contributed by atoms with Gasteiger partial charge in [-0.15, -0.1) is 0 Å². The number of epoxide rings is 1. The number of hydrogen-bond acceptors (Lipinski definition) is 3. The van der Waals surface area contributed by atoms with Gasteiger partial charge in [-0.25, -0.2) is 0 Å². The van der Waals surface area contributed by atoms with Gasteiger partial charge in [0.1, 0.15) is 0 Å². The second-order valence-electron chi connectivity index (χ2n) is 3.25. The molecule has 3 heteroatoms. The van der Waals surface area contributed by atoms with Gasteiger partial charge in [-0.05, 0) is 19.3 Å². The van der Waals surface area contributed by atoms with Gasteiger partial charge >= 0.3 is 5.97 Å². The highest BCUT2D eigenvalue weighted by molar-refractivity contribution is 5.72. The molecule has 3 atom stereocenters. The van der Waals surface area contributed by atoms with E-state index in [1.54, 1.807) is 0 Å². The number of esters is 1. The molecular formula is C8H12O3. The summed E-state index contributed by atoms with van der Waals surface area (Å²) < 4.78 is 9.96. The van der Waals surface area contributed by atoms with Crippen molar-refractivity contribution in [1.29, 1.82) is 0 Å². The molecule has 1 saturated heterocycles. The van der Waals surface area contributed by atoms with E-state index < -0.39 is 0 Å². The monoisotopic (exact) mass is 156 g/mol. The highest BCUT2D eigenvalue weighted by Gasteiger charge is 2.45. The summed E-state index contributed by atoms with van der Waals surface area (Å²) in [7, 11) is 1.45. The molecule has 0 aromatic carbocycles. The van der Waals surface area contributed by atoms with E-state index in [1.165, 1.54) is 7.11 Å². The predicted molar refractivity (Wildman–Crippen MR) is 38.0 cm³/mol. The first kappa shape index (κ1) is 7.10. The Balaban J connectivity index is 1.89. The summed E-state index contributed by atoms with van der Waals surface area (Å²) in [5.41, 5.74) is 0. The molecule has 0 spiro atoms. The van der Waals surface area contributed by atoms with Gasteiger partial charge in [-0.3, -0.25) is 4.79 Å². The largest absolute Gasteiger partial charge is 0.469 e. The minimum Gasteiger partial charge on any atom is -0.469 e. The average molecular weight is 156 g/mol. The zero-order valence-electron chi connectivity index (χ0n) is 6.58. The predicted octanol–water partition coefficient (Wildman–Crippen LogP) is 0.727. The molecule has 2 rings (SSSR count). The van der Waals surface area contributed by atoms with Crippen molar-refractivity contribution in [3.8, 4) is 0 Å². The first-order valence-electron chi connectivity index (χ1n) is 4.04. The Labute approximate surface area is 65.7 Å². The number of carbonyl (C=O) groups excluding carboxylic acids is 1. The maximum Gasteiger partial charge on any atom is 0.308 e. The van der Waals surface area contributed by atoms with E-state index in [-0.39, 0.29) is 11.9 Å². The molecule has 3 nitrogen and oxygen atoms in total. The van der Waals surface area contributed by atoms with Crippen LogP contribution in [0.4, 0.5) is 0 Å². The van der Waals surface area contributed by atoms with E-state index in [4.69, 9.17) is 4.74 Å². The van der Waals surface area contributed by atoms with Crippen molar-refractivity contribution in [2.75, 3.05) is 7.11 Å². The number of ether oxygens (including phenoxy) is 2. The Kier molecular flexibility index (Phi) is 1.60. The van der Waals surface area contributed by atoms with Gasteiger partial charge < -0.3 is 9.47 Å². The lowest BCUT2D eigenvalue weighted by molar-refractivity contribution is -0.146. The Bertz CT molecular complexity index is 178. The number of carbonyl (C=O) groups is 1. The SMILES string of the molecule is COC(=O)[C@@H]1CC[C@@H]2O[C@@H]2C1. The molecule has 0 N–H and O–H groups in total. The molecule has 1 aliphatic carbocycles. The van der Waals surface area contributed by atoms with Crippen LogP contribution >= 0.6 is 0 Å². The summed E-state index contributed by atoms with van der Waals surface area (Å²) in [6.07, 6.45) is 3.68. The normalized spacial score (nSPS) is 41.0. The first-order chi connectivity index (χ1) is 5.31.